The molecule has 1 atom stereocenters. The van der Waals surface area contributed by atoms with Crippen LogP contribution in [-0.2, 0) is 4.74 Å². The molecule has 0 aliphatic heterocycles. The summed E-state index contributed by atoms with van der Waals surface area (Å²) in [6, 6.07) is 15.2. The lowest BCUT2D eigenvalue weighted by Gasteiger charge is -2.27. The second-order valence-electron chi connectivity index (χ2n) is 4.83. The molecule has 0 bridgehead atoms. The predicted octanol–water partition coefficient (Wildman–Crippen LogP) is 2.42. The molecule has 2 N–H and O–H groups in total. The van der Waals surface area contributed by atoms with Gasteiger partial charge >= 0.3 is 0 Å². The van der Waals surface area contributed by atoms with E-state index in [4.69, 9.17) is 10.5 Å². The van der Waals surface area contributed by atoms with Gasteiger partial charge in [0.2, 0.25) is 0 Å². The Morgan fingerprint density at radius 1 is 1.16 bits per heavy atom. The normalized spacial score (nSPS) is 13.1. The zero-order chi connectivity index (χ0) is 13.7. The molecule has 0 radical (unpaired) electrons. The summed E-state index contributed by atoms with van der Waals surface area (Å²) in [6.07, 6.45) is 0. The van der Waals surface area contributed by atoms with E-state index in [1.165, 1.54) is 16.3 Å². The highest BCUT2D eigenvalue weighted by Gasteiger charge is 2.15. The van der Waals surface area contributed by atoms with Crippen LogP contribution in [0.1, 0.15) is 11.6 Å². The van der Waals surface area contributed by atoms with Crippen molar-refractivity contribution in [2.75, 3.05) is 33.9 Å². The number of nitrogens with zero attached hydrogens (tertiary/aromatic N) is 1. The van der Waals surface area contributed by atoms with Crippen molar-refractivity contribution in [3.05, 3.63) is 48.0 Å². The second kappa shape index (κ2) is 6.66. The van der Waals surface area contributed by atoms with Crippen molar-refractivity contribution < 1.29 is 4.74 Å². The largest absolute Gasteiger partial charge is 0.383 e. The maximum atomic E-state index is 5.94. The molecule has 0 spiro atoms. The topological polar surface area (TPSA) is 38.5 Å². The average molecular weight is 258 g/mol. The molecule has 0 amide bonds. The number of nitrogens with two attached hydrogens (primary N) is 1. The number of likely N-dealkylation sites (N-methyl/N-ethyl adjacent to an activating group) is 1. The molecular formula is C16H22N2O. The minimum absolute atomic E-state index is 0.236. The van der Waals surface area contributed by atoms with Crippen LogP contribution in [0, 0.1) is 0 Å². The molecule has 102 valence electrons. The number of hydrogen-bond donors (Lipinski definition) is 1. The predicted molar refractivity (Wildman–Crippen MR) is 80.2 cm³/mol. The molecule has 0 saturated carbocycles. The van der Waals surface area contributed by atoms with Crippen molar-refractivity contribution in [3.8, 4) is 0 Å². The fourth-order valence-corrected chi connectivity index (χ4v) is 2.38. The third-order valence-corrected chi connectivity index (χ3v) is 3.56. The number of methoxy groups -OCH3 is 1. The number of ether oxygens (including phenoxy) is 1. The Kier molecular flexibility index (Phi) is 4.91. The zero-order valence-electron chi connectivity index (χ0n) is 11.7. The third-order valence-electron chi connectivity index (χ3n) is 3.56. The van der Waals surface area contributed by atoms with Crippen LogP contribution < -0.4 is 5.73 Å². The lowest BCUT2D eigenvalue weighted by atomic mass is 10.0. The Labute approximate surface area is 115 Å². The van der Waals surface area contributed by atoms with E-state index in [1.807, 2.05) is 0 Å². The molecule has 0 aliphatic carbocycles. The summed E-state index contributed by atoms with van der Waals surface area (Å²) in [5, 5.41) is 2.53. The Morgan fingerprint density at radius 2 is 1.89 bits per heavy atom. The van der Waals surface area contributed by atoms with Crippen molar-refractivity contribution in [2.45, 2.75) is 6.04 Å². The number of rotatable bonds is 6. The van der Waals surface area contributed by atoms with Crippen LogP contribution in [0.15, 0.2) is 42.5 Å². The van der Waals surface area contributed by atoms with Gasteiger partial charge in [0, 0.05) is 26.2 Å². The van der Waals surface area contributed by atoms with Gasteiger partial charge in [0.05, 0.1) is 6.61 Å². The molecule has 2 aromatic rings. The van der Waals surface area contributed by atoms with Gasteiger partial charge in [-0.25, -0.2) is 0 Å². The molecule has 3 heteroatoms. The van der Waals surface area contributed by atoms with Gasteiger partial charge in [0.1, 0.15) is 0 Å². The van der Waals surface area contributed by atoms with E-state index in [0.29, 0.717) is 6.54 Å². The lowest BCUT2D eigenvalue weighted by Crippen LogP contribution is -2.32. The van der Waals surface area contributed by atoms with Gasteiger partial charge in [-0.3, -0.25) is 4.90 Å². The molecule has 2 aromatic carbocycles. The minimum atomic E-state index is 0.236. The quantitative estimate of drug-likeness (QED) is 0.865. The third kappa shape index (κ3) is 3.32. The molecule has 2 rings (SSSR count). The molecule has 3 nitrogen and oxygen atoms in total. The Hall–Kier alpha value is -1.42. The minimum Gasteiger partial charge on any atom is -0.383 e. The standard InChI is InChI=1S/C16H22N2O/c1-18(9-10-19-2)16(12-17)15-8-7-13-5-3-4-6-14(13)11-15/h3-8,11,16H,9-10,12,17H2,1-2H3. The summed E-state index contributed by atoms with van der Waals surface area (Å²) in [6.45, 7) is 2.21. The smallest absolute Gasteiger partial charge is 0.0589 e. The molecule has 0 aliphatic rings. The van der Waals surface area contributed by atoms with Crippen LogP contribution in [0.2, 0.25) is 0 Å². The molecule has 0 saturated heterocycles. The Morgan fingerprint density at radius 3 is 2.58 bits per heavy atom. The summed E-state index contributed by atoms with van der Waals surface area (Å²) >= 11 is 0. The van der Waals surface area contributed by atoms with Crippen LogP contribution in [0.3, 0.4) is 0 Å². The van der Waals surface area contributed by atoms with E-state index in [1.54, 1.807) is 7.11 Å². The van der Waals surface area contributed by atoms with Gasteiger partial charge in [-0.05, 0) is 29.4 Å². The maximum Gasteiger partial charge on any atom is 0.0589 e. The van der Waals surface area contributed by atoms with Crippen LogP contribution in [-0.4, -0.2) is 38.8 Å². The van der Waals surface area contributed by atoms with Crippen LogP contribution in [0.5, 0.6) is 0 Å². The van der Waals surface area contributed by atoms with Gasteiger partial charge in [-0.15, -0.1) is 0 Å². The summed E-state index contributed by atoms with van der Waals surface area (Å²) in [4.78, 5) is 2.24. The summed E-state index contributed by atoms with van der Waals surface area (Å²) in [5.74, 6) is 0. The highest BCUT2D eigenvalue weighted by atomic mass is 16.5. The molecule has 0 aromatic heterocycles. The molecule has 0 heterocycles. The van der Waals surface area contributed by atoms with Crippen LogP contribution in [0.4, 0.5) is 0 Å². The van der Waals surface area contributed by atoms with Crippen molar-refractivity contribution in [2.24, 2.45) is 5.73 Å². The molecular weight excluding hydrogens is 236 g/mol. The Bertz CT molecular complexity index is 527. The van der Waals surface area contributed by atoms with Crippen molar-refractivity contribution in [1.29, 1.82) is 0 Å². The molecule has 1 unspecified atom stereocenters. The van der Waals surface area contributed by atoms with E-state index in [0.717, 1.165) is 13.2 Å². The van der Waals surface area contributed by atoms with Crippen LogP contribution >= 0.6 is 0 Å². The van der Waals surface area contributed by atoms with Crippen LogP contribution in [0.25, 0.3) is 10.8 Å². The van der Waals surface area contributed by atoms with E-state index in [2.05, 4.69) is 54.4 Å². The monoisotopic (exact) mass is 258 g/mol. The van der Waals surface area contributed by atoms with Crippen molar-refractivity contribution >= 4 is 10.8 Å². The molecule has 19 heavy (non-hydrogen) atoms. The first kappa shape index (κ1) is 14.0. The lowest BCUT2D eigenvalue weighted by molar-refractivity contribution is 0.140. The zero-order valence-corrected chi connectivity index (χ0v) is 11.7. The van der Waals surface area contributed by atoms with E-state index in [9.17, 15) is 0 Å². The van der Waals surface area contributed by atoms with Crippen molar-refractivity contribution in [3.63, 3.8) is 0 Å². The van der Waals surface area contributed by atoms with Gasteiger partial charge in [0.15, 0.2) is 0 Å². The van der Waals surface area contributed by atoms with E-state index >= 15 is 0 Å². The molecule has 0 fully saturated rings. The summed E-state index contributed by atoms with van der Waals surface area (Å²) in [5.41, 5.74) is 7.20. The van der Waals surface area contributed by atoms with E-state index in [-0.39, 0.29) is 6.04 Å². The first-order valence-corrected chi connectivity index (χ1v) is 6.64. The fraction of sp³-hybridized carbons (Fsp3) is 0.375. The number of hydrogen-bond acceptors (Lipinski definition) is 3. The Balaban J connectivity index is 2.24. The first-order valence-electron chi connectivity index (χ1n) is 6.64. The highest BCUT2D eigenvalue weighted by molar-refractivity contribution is 5.83. The van der Waals surface area contributed by atoms with E-state index < -0.39 is 0 Å². The average Bonchev–Trinajstić information content (AvgIpc) is 2.45. The summed E-state index contributed by atoms with van der Waals surface area (Å²) in [7, 11) is 3.81. The fourth-order valence-electron chi connectivity index (χ4n) is 2.38. The van der Waals surface area contributed by atoms with Crippen molar-refractivity contribution in [1.82, 2.24) is 4.90 Å². The van der Waals surface area contributed by atoms with Gasteiger partial charge < -0.3 is 10.5 Å². The van der Waals surface area contributed by atoms with Gasteiger partial charge in [-0.2, -0.15) is 0 Å². The number of fused-ring (bicyclic) bond motifs is 1. The van der Waals surface area contributed by atoms with Gasteiger partial charge in [-0.1, -0.05) is 36.4 Å². The SMILES string of the molecule is COCCN(C)C(CN)c1ccc2ccccc2c1. The van der Waals surface area contributed by atoms with Gasteiger partial charge in [0.25, 0.3) is 0 Å². The highest BCUT2D eigenvalue weighted by Crippen LogP contribution is 2.23. The summed E-state index contributed by atoms with van der Waals surface area (Å²) < 4.78 is 5.13. The second-order valence-corrected chi connectivity index (χ2v) is 4.83. The maximum absolute atomic E-state index is 5.94. The number of benzene rings is 2. The first-order chi connectivity index (χ1) is 9.26.